The molecule has 0 heterocycles. The minimum Gasteiger partial charge on any atom is -0.457 e. The van der Waals surface area contributed by atoms with Crippen LogP contribution in [0.2, 0.25) is 0 Å². The molecule has 0 saturated heterocycles. The third-order valence-electron chi connectivity index (χ3n) is 8.27. The number of hydrogen-bond donors (Lipinski definition) is 2. The van der Waals surface area contributed by atoms with Crippen LogP contribution in [0.5, 0.6) is 0 Å². The third-order valence-corrected chi connectivity index (χ3v) is 9.26. The van der Waals surface area contributed by atoms with E-state index in [1.54, 1.807) is 0 Å². The quantitative estimate of drug-likeness (QED) is 0.0383. The predicted octanol–water partition coefficient (Wildman–Crippen LogP) is 10.6. The number of carbonyl (C=O) groups excluding carboxylic acids is 1. The van der Waals surface area contributed by atoms with Gasteiger partial charge in [-0.2, -0.15) is 0 Å². The fourth-order valence-corrected chi connectivity index (χ4v) is 6.21. The van der Waals surface area contributed by atoms with E-state index >= 15 is 0 Å². The molecule has 0 aliphatic heterocycles. The number of phosphoric acid groups is 1. The first-order chi connectivity index (χ1) is 21.9. The van der Waals surface area contributed by atoms with Gasteiger partial charge in [-0.25, -0.2) is 4.57 Å². The number of ether oxygens (including phenoxy) is 2. The molecule has 2 atom stereocenters. The Balaban J connectivity index is 3.58. The van der Waals surface area contributed by atoms with Gasteiger partial charge in [0.2, 0.25) is 0 Å². The lowest BCUT2D eigenvalue weighted by molar-refractivity contribution is -0.154. The minimum absolute atomic E-state index is 0.0925. The summed E-state index contributed by atoms with van der Waals surface area (Å²) < 4.78 is 32.7. The van der Waals surface area contributed by atoms with Crippen molar-refractivity contribution in [1.29, 1.82) is 0 Å². The normalized spacial score (nSPS) is 13.6. The molecule has 0 radical (unpaired) electrons. The highest BCUT2D eigenvalue weighted by atomic mass is 31.2. The van der Waals surface area contributed by atoms with Gasteiger partial charge >= 0.3 is 13.8 Å². The highest BCUT2D eigenvalue weighted by Gasteiger charge is 2.25. The van der Waals surface area contributed by atoms with Crippen LogP contribution in [-0.4, -0.2) is 49.9 Å². The van der Waals surface area contributed by atoms with Crippen molar-refractivity contribution in [2.45, 2.75) is 193 Å². The van der Waals surface area contributed by atoms with Gasteiger partial charge in [0.25, 0.3) is 0 Å². The summed E-state index contributed by atoms with van der Waals surface area (Å²) in [5.74, 6) is -0.362. The van der Waals surface area contributed by atoms with Gasteiger partial charge in [0.1, 0.15) is 6.10 Å². The van der Waals surface area contributed by atoms with Crippen molar-refractivity contribution >= 4 is 13.8 Å². The van der Waals surface area contributed by atoms with Crippen LogP contribution >= 0.6 is 7.82 Å². The van der Waals surface area contributed by atoms with Gasteiger partial charge in [0.15, 0.2) is 0 Å². The van der Waals surface area contributed by atoms with Crippen molar-refractivity contribution in [3.8, 4) is 0 Å². The topological polar surface area (TPSA) is 117 Å². The maximum absolute atomic E-state index is 12.0. The van der Waals surface area contributed by atoms with Crippen LogP contribution in [0.15, 0.2) is 0 Å². The summed E-state index contributed by atoms with van der Waals surface area (Å²) >= 11 is 0. The van der Waals surface area contributed by atoms with Crippen LogP contribution in [-0.2, 0) is 27.9 Å². The Hall–Kier alpha value is -0.500. The lowest BCUT2D eigenvalue weighted by atomic mass is 10.0. The molecule has 8 nitrogen and oxygen atoms in total. The van der Waals surface area contributed by atoms with Crippen molar-refractivity contribution in [2.24, 2.45) is 5.73 Å². The van der Waals surface area contributed by atoms with Crippen LogP contribution in [0.3, 0.4) is 0 Å². The molecule has 0 spiro atoms. The Morgan fingerprint density at radius 3 is 1.38 bits per heavy atom. The average Bonchev–Trinajstić information content (AvgIpc) is 3.03. The molecule has 0 rings (SSSR count). The minimum atomic E-state index is -4.24. The number of phosphoric ester groups is 1. The zero-order valence-corrected chi connectivity index (χ0v) is 30.5. The summed E-state index contributed by atoms with van der Waals surface area (Å²) in [5, 5.41) is 0. The van der Waals surface area contributed by atoms with Gasteiger partial charge in [-0.05, 0) is 12.8 Å². The molecule has 0 aromatic carbocycles. The second-order valence-corrected chi connectivity index (χ2v) is 14.3. The molecule has 0 aromatic heterocycles. The molecule has 0 aromatic rings. The number of hydrogen-bond acceptors (Lipinski definition) is 7. The summed E-state index contributed by atoms with van der Waals surface area (Å²) in [6, 6.07) is 0. The molecule has 270 valence electrons. The molecule has 0 aliphatic rings. The highest BCUT2D eigenvalue weighted by molar-refractivity contribution is 7.47. The number of nitrogens with two attached hydrogens (primary N) is 1. The van der Waals surface area contributed by atoms with Crippen molar-refractivity contribution in [2.75, 3.05) is 33.0 Å². The number of carbonyl (C=O) groups is 1. The molecular weight excluding hydrogens is 589 g/mol. The molecule has 0 aliphatic carbocycles. The fraction of sp³-hybridized carbons (Fsp3) is 0.972. The first-order valence-corrected chi connectivity index (χ1v) is 20.5. The molecular formula is C36H74NO7P. The van der Waals surface area contributed by atoms with E-state index in [4.69, 9.17) is 24.3 Å². The summed E-state index contributed by atoms with van der Waals surface area (Å²) in [7, 11) is -4.24. The smallest absolute Gasteiger partial charge is 0.457 e. The van der Waals surface area contributed by atoms with E-state index in [0.29, 0.717) is 13.0 Å². The van der Waals surface area contributed by atoms with Gasteiger partial charge in [0.05, 0.1) is 19.8 Å². The Labute approximate surface area is 278 Å². The molecule has 0 amide bonds. The van der Waals surface area contributed by atoms with Crippen molar-refractivity contribution in [3.05, 3.63) is 0 Å². The Kier molecular flexibility index (Phi) is 34.4. The van der Waals surface area contributed by atoms with Gasteiger partial charge in [-0.1, -0.05) is 168 Å². The molecule has 0 saturated carbocycles. The average molecular weight is 664 g/mol. The van der Waals surface area contributed by atoms with Gasteiger partial charge in [-0.3, -0.25) is 13.8 Å². The van der Waals surface area contributed by atoms with Crippen molar-refractivity contribution < 1.29 is 32.8 Å². The van der Waals surface area contributed by atoms with Gasteiger partial charge < -0.3 is 20.1 Å². The number of esters is 1. The van der Waals surface area contributed by atoms with Crippen LogP contribution < -0.4 is 5.73 Å². The van der Waals surface area contributed by atoms with Gasteiger partial charge in [0, 0.05) is 19.6 Å². The van der Waals surface area contributed by atoms with Crippen molar-refractivity contribution in [3.63, 3.8) is 0 Å². The van der Waals surface area contributed by atoms with Crippen LogP contribution in [0, 0.1) is 0 Å². The maximum atomic E-state index is 12.0. The largest absolute Gasteiger partial charge is 0.472 e. The maximum Gasteiger partial charge on any atom is 0.472 e. The first kappa shape index (κ1) is 44.5. The van der Waals surface area contributed by atoms with Gasteiger partial charge in [-0.15, -0.1) is 0 Å². The van der Waals surface area contributed by atoms with Crippen molar-refractivity contribution in [1.82, 2.24) is 0 Å². The molecule has 0 bridgehead atoms. The first-order valence-electron chi connectivity index (χ1n) is 19.0. The van der Waals surface area contributed by atoms with E-state index < -0.39 is 13.9 Å². The lowest BCUT2D eigenvalue weighted by Gasteiger charge is -2.20. The van der Waals surface area contributed by atoms with E-state index in [1.165, 1.54) is 141 Å². The Bertz CT molecular complexity index is 667. The van der Waals surface area contributed by atoms with E-state index in [9.17, 15) is 14.3 Å². The Morgan fingerprint density at radius 1 is 0.578 bits per heavy atom. The molecule has 45 heavy (non-hydrogen) atoms. The van der Waals surface area contributed by atoms with E-state index in [0.717, 1.165) is 25.7 Å². The molecule has 9 heteroatoms. The zero-order chi connectivity index (χ0) is 33.1. The summed E-state index contributed by atoms with van der Waals surface area (Å²) in [6.45, 7) is 4.70. The lowest BCUT2D eigenvalue weighted by Crippen LogP contribution is -2.28. The Morgan fingerprint density at radius 2 is 0.978 bits per heavy atom. The summed E-state index contributed by atoms with van der Waals surface area (Å²) in [4.78, 5) is 21.8. The number of unbranched alkanes of at least 4 members (excludes halogenated alkanes) is 24. The SMILES string of the molecule is CCCCCCCCCCCCCCCCCCCCCCCCCCOCC(COP(=O)(O)OCCN)OC(=O)CCCC. The molecule has 3 N–H and O–H groups in total. The number of rotatable bonds is 37. The van der Waals surface area contributed by atoms with Crippen LogP contribution in [0.4, 0.5) is 0 Å². The third kappa shape index (κ3) is 34.6. The summed E-state index contributed by atoms with van der Waals surface area (Å²) in [6.07, 6.45) is 33.9. The van der Waals surface area contributed by atoms with Crippen LogP contribution in [0.1, 0.15) is 187 Å². The van der Waals surface area contributed by atoms with E-state index in [2.05, 4.69) is 6.92 Å². The zero-order valence-electron chi connectivity index (χ0n) is 29.6. The molecule has 2 unspecified atom stereocenters. The second kappa shape index (κ2) is 34.8. The summed E-state index contributed by atoms with van der Waals surface area (Å²) in [5.41, 5.74) is 5.30. The van der Waals surface area contributed by atoms with E-state index in [1.807, 2.05) is 6.92 Å². The predicted molar refractivity (Wildman–Crippen MR) is 187 cm³/mol. The van der Waals surface area contributed by atoms with Crippen LogP contribution in [0.25, 0.3) is 0 Å². The highest BCUT2D eigenvalue weighted by Crippen LogP contribution is 2.43. The second-order valence-electron chi connectivity index (χ2n) is 12.8. The molecule has 0 fully saturated rings. The monoisotopic (exact) mass is 664 g/mol. The fourth-order valence-electron chi connectivity index (χ4n) is 5.45. The van der Waals surface area contributed by atoms with E-state index in [-0.39, 0.29) is 32.3 Å². The standard InChI is InChI=1S/C36H74NO7P/c1-3-5-7-8-9-10-11-12-13-14-15-16-17-18-19-20-21-22-23-24-25-26-27-28-31-41-33-35(44-36(38)29-6-4-2)34-43-45(39,40)42-32-30-37/h35H,3-34,37H2,1-2H3,(H,39,40).